The maximum Gasteiger partial charge on any atom is 0.324 e. The van der Waals surface area contributed by atoms with Gasteiger partial charge in [-0.05, 0) is 56.7 Å². The molecule has 2 aromatic carbocycles. The zero-order valence-corrected chi connectivity index (χ0v) is 16.9. The van der Waals surface area contributed by atoms with E-state index in [0.717, 1.165) is 17.1 Å². The number of nitrogens with zero attached hydrogens (tertiary/aromatic N) is 2. The Morgan fingerprint density at radius 2 is 1.83 bits per heavy atom. The molecule has 0 bridgehead atoms. The molecule has 2 aromatic rings. The third kappa shape index (κ3) is 4.56. The van der Waals surface area contributed by atoms with Crippen LogP contribution in [0.5, 0.6) is 0 Å². The van der Waals surface area contributed by atoms with Crippen molar-refractivity contribution in [3.63, 3.8) is 0 Å². The van der Waals surface area contributed by atoms with Crippen LogP contribution < -0.4 is 15.5 Å². The Labute approximate surface area is 170 Å². The second kappa shape index (κ2) is 8.77. The summed E-state index contributed by atoms with van der Waals surface area (Å²) in [4.78, 5) is 39.9. The van der Waals surface area contributed by atoms with Gasteiger partial charge >= 0.3 is 6.03 Å². The average Bonchev–Trinajstić information content (AvgIpc) is 3.02. The minimum Gasteiger partial charge on any atom is -0.369 e. The first kappa shape index (κ1) is 20.4. The number of hydrogen-bond donors (Lipinski definition) is 2. The fourth-order valence-corrected chi connectivity index (χ4v) is 3.45. The van der Waals surface area contributed by atoms with E-state index < -0.39 is 6.03 Å². The van der Waals surface area contributed by atoms with E-state index in [0.29, 0.717) is 22.9 Å². The number of anilines is 2. The lowest BCUT2D eigenvalue weighted by atomic mass is 10.1. The summed E-state index contributed by atoms with van der Waals surface area (Å²) in [6.45, 7) is 7.35. The highest BCUT2D eigenvalue weighted by atomic mass is 16.2. The molecule has 3 rings (SSSR count). The van der Waals surface area contributed by atoms with Crippen molar-refractivity contribution in [1.82, 2.24) is 10.2 Å². The van der Waals surface area contributed by atoms with Gasteiger partial charge in [0.15, 0.2) is 0 Å². The third-order valence-corrected chi connectivity index (χ3v) is 4.95. The lowest BCUT2D eigenvalue weighted by molar-refractivity contribution is -0.125. The first-order chi connectivity index (χ1) is 13.9. The quantitative estimate of drug-likeness (QED) is 0.707. The minimum absolute atomic E-state index is 0.00923. The molecule has 29 heavy (non-hydrogen) atoms. The van der Waals surface area contributed by atoms with Crippen LogP contribution in [-0.2, 0) is 11.3 Å². The van der Waals surface area contributed by atoms with Crippen molar-refractivity contribution < 1.29 is 14.4 Å². The SMILES string of the molecule is CCN(c1ccc(NC(=O)c2ccccc2CN2C(=O)CNC2=O)cc1)C(C)C. The van der Waals surface area contributed by atoms with Gasteiger partial charge in [0.2, 0.25) is 5.91 Å². The zero-order chi connectivity index (χ0) is 21.0. The zero-order valence-electron chi connectivity index (χ0n) is 16.9. The maximum atomic E-state index is 12.8. The van der Waals surface area contributed by atoms with E-state index in [1.54, 1.807) is 24.3 Å². The van der Waals surface area contributed by atoms with Gasteiger partial charge in [-0.15, -0.1) is 0 Å². The molecule has 0 atom stereocenters. The number of carbonyl (C=O) groups is 3. The smallest absolute Gasteiger partial charge is 0.324 e. The monoisotopic (exact) mass is 394 g/mol. The summed E-state index contributed by atoms with van der Waals surface area (Å²) in [6.07, 6.45) is 0. The van der Waals surface area contributed by atoms with Gasteiger partial charge in [0.25, 0.3) is 5.91 Å². The van der Waals surface area contributed by atoms with E-state index >= 15 is 0 Å². The second-order valence-corrected chi connectivity index (χ2v) is 7.18. The molecule has 0 aliphatic carbocycles. The standard InChI is InChI=1S/C22H26N4O3/c1-4-25(15(2)3)18-11-9-17(10-12-18)24-21(28)19-8-6-5-7-16(19)14-26-20(27)13-23-22(26)29/h5-12,15H,4,13-14H2,1-3H3,(H,23,29)(H,24,28). The molecule has 0 saturated carbocycles. The lowest BCUT2D eigenvalue weighted by Gasteiger charge is -2.27. The van der Waals surface area contributed by atoms with Gasteiger partial charge < -0.3 is 15.5 Å². The fourth-order valence-electron chi connectivity index (χ4n) is 3.45. The van der Waals surface area contributed by atoms with E-state index in [-0.39, 0.29) is 24.9 Å². The molecule has 4 amide bonds. The molecule has 1 aliphatic rings. The van der Waals surface area contributed by atoms with Crippen LogP contribution in [0.15, 0.2) is 48.5 Å². The maximum absolute atomic E-state index is 12.8. The van der Waals surface area contributed by atoms with Crippen LogP contribution in [-0.4, -0.2) is 41.9 Å². The van der Waals surface area contributed by atoms with E-state index in [1.807, 2.05) is 24.3 Å². The molecule has 2 N–H and O–H groups in total. The highest BCUT2D eigenvalue weighted by Gasteiger charge is 2.29. The average molecular weight is 394 g/mol. The van der Waals surface area contributed by atoms with E-state index in [4.69, 9.17) is 0 Å². The highest BCUT2D eigenvalue weighted by molar-refractivity contribution is 6.06. The number of amides is 4. The highest BCUT2D eigenvalue weighted by Crippen LogP contribution is 2.21. The van der Waals surface area contributed by atoms with Crippen LogP contribution in [0.2, 0.25) is 0 Å². The van der Waals surface area contributed by atoms with Crippen molar-refractivity contribution in [1.29, 1.82) is 0 Å². The van der Waals surface area contributed by atoms with Gasteiger partial charge in [0, 0.05) is 29.5 Å². The number of urea groups is 1. The number of rotatable bonds is 7. The molecule has 0 unspecified atom stereocenters. The third-order valence-electron chi connectivity index (χ3n) is 4.95. The molecule has 1 fully saturated rings. The molecule has 7 nitrogen and oxygen atoms in total. The summed E-state index contributed by atoms with van der Waals surface area (Å²) < 4.78 is 0. The molecular formula is C22H26N4O3. The van der Waals surface area contributed by atoms with Crippen molar-refractivity contribution >= 4 is 29.2 Å². The van der Waals surface area contributed by atoms with Gasteiger partial charge in [-0.1, -0.05) is 18.2 Å². The summed E-state index contributed by atoms with van der Waals surface area (Å²) in [5, 5.41) is 5.39. The topological polar surface area (TPSA) is 81.8 Å². The molecule has 0 radical (unpaired) electrons. The van der Waals surface area contributed by atoms with Gasteiger partial charge in [-0.2, -0.15) is 0 Å². The summed E-state index contributed by atoms with van der Waals surface area (Å²) in [6, 6.07) is 14.6. The van der Waals surface area contributed by atoms with Crippen LogP contribution in [0.1, 0.15) is 36.7 Å². The Hall–Kier alpha value is -3.35. The largest absolute Gasteiger partial charge is 0.369 e. The molecule has 7 heteroatoms. The van der Waals surface area contributed by atoms with Crippen molar-refractivity contribution in [3.05, 3.63) is 59.7 Å². The second-order valence-electron chi connectivity index (χ2n) is 7.18. The molecule has 0 aromatic heterocycles. The first-order valence-corrected chi connectivity index (χ1v) is 9.75. The number of nitrogens with one attached hydrogen (secondary N) is 2. The van der Waals surface area contributed by atoms with Crippen molar-refractivity contribution in [2.75, 3.05) is 23.3 Å². The van der Waals surface area contributed by atoms with Crippen LogP contribution in [0.25, 0.3) is 0 Å². The Balaban J connectivity index is 1.74. The van der Waals surface area contributed by atoms with Crippen molar-refractivity contribution in [2.45, 2.75) is 33.4 Å². The van der Waals surface area contributed by atoms with E-state index in [9.17, 15) is 14.4 Å². The van der Waals surface area contributed by atoms with Crippen LogP contribution in [0, 0.1) is 0 Å². The van der Waals surface area contributed by atoms with Crippen molar-refractivity contribution in [2.24, 2.45) is 0 Å². The van der Waals surface area contributed by atoms with E-state index in [1.165, 1.54) is 0 Å². The lowest BCUT2D eigenvalue weighted by Crippen LogP contribution is -2.31. The molecular weight excluding hydrogens is 368 g/mol. The summed E-state index contributed by atoms with van der Waals surface area (Å²) >= 11 is 0. The van der Waals surface area contributed by atoms with Gasteiger partial charge in [-0.25, -0.2) is 4.79 Å². The molecule has 1 heterocycles. The minimum atomic E-state index is -0.438. The molecule has 1 saturated heterocycles. The summed E-state index contributed by atoms with van der Waals surface area (Å²) in [5.41, 5.74) is 2.83. The Morgan fingerprint density at radius 3 is 2.41 bits per heavy atom. The van der Waals surface area contributed by atoms with Crippen LogP contribution >= 0.6 is 0 Å². The Kier molecular flexibility index (Phi) is 6.16. The number of imide groups is 1. The Bertz CT molecular complexity index is 893. The Morgan fingerprint density at radius 1 is 1.14 bits per heavy atom. The van der Waals surface area contributed by atoms with Crippen molar-refractivity contribution in [3.8, 4) is 0 Å². The molecule has 0 spiro atoms. The predicted octanol–water partition coefficient (Wildman–Crippen LogP) is 3.23. The number of hydrogen-bond acceptors (Lipinski definition) is 4. The predicted molar refractivity (Wildman–Crippen MR) is 113 cm³/mol. The van der Waals surface area contributed by atoms with Gasteiger partial charge in [-0.3, -0.25) is 14.5 Å². The first-order valence-electron chi connectivity index (χ1n) is 9.75. The number of carbonyl (C=O) groups excluding carboxylic acids is 3. The number of benzene rings is 2. The molecule has 1 aliphatic heterocycles. The van der Waals surface area contributed by atoms with Gasteiger partial charge in [0.05, 0.1) is 13.1 Å². The van der Waals surface area contributed by atoms with Crippen LogP contribution in [0.3, 0.4) is 0 Å². The molecule has 152 valence electrons. The fraction of sp³-hybridized carbons (Fsp3) is 0.318. The summed E-state index contributed by atoms with van der Waals surface area (Å²) in [5.74, 6) is -0.581. The normalized spacial score (nSPS) is 13.6. The van der Waals surface area contributed by atoms with E-state index in [2.05, 4.69) is 36.3 Å². The van der Waals surface area contributed by atoms with Gasteiger partial charge in [0.1, 0.15) is 0 Å². The van der Waals surface area contributed by atoms with Crippen LogP contribution in [0.4, 0.5) is 16.2 Å². The summed E-state index contributed by atoms with van der Waals surface area (Å²) in [7, 11) is 0.